The number of rotatable bonds is 8. The minimum absolute atomic E-state index is 0.0408. The number of aromatic nitrogens is 3. The number of hydrogen-bond donors (Lipinski definition) is 2. The number of benzene rings is 2. The number of halogens is 2. The monoisotopic (exact) mass is 573 g/mol. The zero-order valence-electron chi connectivity index (χ0n) is 21.3. The lowest BCUT2D eigenvalue weighted by Gasteiger charge is -2.17. The number of hydrogen-bond acceptors (Lipinski definition) is 9. The number of anilines is 2. The highest BCUT2D eigenvalue weighted by atomic mass is 35.5. The quantitative estimate of drug-likeness (QED) is 0.305. The molecular formula is C26H25ClFN5O5S. The molecule has 1 atom stereocenters. The van der Waals surface area contributed by atoms with Gasteiger partial charge in [0, 0.05) is 30.6 Å². The van der Waals surface area contributed by atoms with E-state index < -0.39 is 15.8 Å². The third kappa shape index (κ3) is 5.54. The van der Waals surface area contributed by atoms with Gasteiger partial charge in [0.2, 0.25) is 11.8 Å². The molecule has 2 aromatic heterocycles. The predicted molar refractivity (Wildman–Crippen MR) is 146 cm³/mol. The fourth-order valence-electron chi connectivity index (χ4n) is 4.24. The summed E-state index contributed by atoms with van der Waals surface area (Å²) in [7, 11) is -1.09. The van der Waals surface area contributed by atoms with Crippen LogP contribution < -0.4 is 19.5 Å². The topological polar surface area (TPSA) is 125 Å². The lowest BCUT2D eigenvalue weighted by Crippen LogP contribution is -2.16. The second-order valence-corrected chi connectivity index (χ2v) is 10.9. The Morgan fingerprint density at radius 2 is 1.97 bits per heavy atom. The van der Waals surface area contributed by atoms with Crippen LogP contribution in [0.2, 0.25) is 5.02 Å². The first-order valence-corrected chi connectivity index (χ1v) is 13.8. The fraction of sp³-hybridized carbons (Fsp3) is 0.269. The van der Waals surface area contributed by atoms with E-state index in [1.807, 2.05) is 19.1 Å². The Hall–Kier alpha value is -3.74. The van der Waals surface area contributed by atoms with E-state index >= 15 is 0 Å². The van der Waals surface area contributed by atoms with Crippen molar-refractivity contribution in [3.63, 3.8) is 0 Å². The van der Waals surface area contributed by atoms with Crippen LogP contribution in [0.5, 0.6) is 11.6 Å². The maximum atomic E-state index is 13.5. The zero-order chi connectivity index (χ0) is 27.7. The van der Waals surface area contributed by atoms with E-state index in [1.54, 1.807) is 19.3 Å². The Balaban J connectivity index is 1.60. The van der Waals surface area contributed by atoms with Crippen LogP contribution in [0, 0.1) is 12.7 Å². The smallest absolute Gasteiger partial charge is 0.263 e. The Morgan fingerprint density at radius 1 is 1.15 bits per heavy atom. The molecule has 2 aromatic carbocycles. The summed E-state index contributed by atoms with van der Waals surface area (Å²) >= 11 is 6.02. The van der Waals surface area contributed by atoms with Gasteiger partial charge in [-0.2, -0.15) is 0 Å². The summed E-state index contributed by atoms with van der Waals surface area (Å²) < 4.78 is 59.3. The van der Waals surface area contributed by atoms with Gasteiger partial charge in [-0.1, -0.05) is 11.6 Å². The molecule has 13 heteroatoms. The molecule has 0 bridgehead atoms. The highest BCUT2D eigenvalue weighted by Crippen LogP contribution is 2.37. The molecule has 5 rings (SSSR count). The number of aryl methyl sites for hydroxylation is 1. The molecule has 0 amide bonds. The molecule has 0 aliphatic carbocycles. The van der Waals surface area contributed by atoms with Crippen molar-refractivity contribution in [2.24, 2.45) is 0 Å². The molecule has 1 aliphatic heterocycles. The summed E-state index contributed by atoms with van der Waals surface area (Å²) in [5, 5.41) is 3.47. The van der Waals surface area contributed by atoms with Gasteiger partial charge < -0.3 is 19.5 Å². The molecule has 0 unspecified atom stereocenters. The molecule has 1 saturated heterocycles. The Morgan fingerprint density at radius 3 is 2.67 bits per heavy atom. The van der Waals surface area contributed by atoms with E-state index in [9.17, 15) is 12.8 Å². The number of fused-ring (bicyclic) bond motifs is 1. The van der Waals surface area contributed by atoms with Crippen molar-refractivity contribution in [3.8, 4) is 22.8 Å². The molecule has 3 heterocycles. The van der Waals surface area contributed by atoms with Gasteiger partial charge in [0.25, 0.3) is 10.0 Å². The van der Waals surface area contributed by atoms with Crippen molar-refractivity contribution >= 4 is 44.2 Å². The van der Waals surface area contributed by atoms with Crippen molar-refractivity contribution in [2.75, 3.05) is 37.4 Å². The van der Waals surface area contributed by atoms with Gasteiger partial charge in [-0.15, -0.1) is 0 Å². The average molecular weight is 574 g/mol. The molecule has 4 aromatic rings. The second-order valence-electron chi connectivity index (χ2n) is 8.82. The molecule has 204 valence electrons. The largest absolute Gasteiger partial charge is 0.486 e. The van der Waals surface area contributed by atoms with E-state index in [4.69, 9.17) is 25.8 Å². The lowest BCUT2D eigenvalue weighted by atomic mass is 10.0. The van der Waals surface area contributed by atoms with E-state index in [0.717, 1.165) is 35.7 Å². The first kappa shape index (κ1) is 26.9. The van der Waals surface area contributed by atoms with Crippen LogP contribution in [-0.4, -0.2) is 56.8 Å². The summed E-state index contributed by atoms with van der Waals surface area (Å²) in [4.78, 5) is 13.1. The Kier molecular flexibility index (Phi) is 7.43. The highest BCUT2D eigenvalue weighted by molar-refractivity contribution is 7.92. The van der Waals surface area contributed by atoms with Crippen molar-refractivity contribution in [2.45, 2.75) is 24.3 Å². The fourth-order valence-corrected chi connectivity index (χ4v) is 5.82. The molecule has 0 radical (unpaired) electrons. The minimum atomic E-state index is -4.20. The number of nitrogens with zero attached hydrogens (tertiary/aromatic N) is 3. The standard InChI is InChI=1S/C26H25ClFN5O5S/c1-14-19-8-15(10-22(38-18-6-7-37-13-18)24(19)32-26(29-2)31-14)16-9-21(25(36-3)30-12-16)33-39(34,35)23-5-4-17(28)11-20(23)27/h4-5,8-12,18,33H,6-7,13H2,1-3H3,(H,29,31,32)/t18-/m1/s1. The van der Waals surface area contributed by atoms with E-state index in [0.29, 0.717) is 41.6 Å². The third-order valence-corrected chi connectivity index (χ3v) is 8.02. The normalized spacial score (nSPS) is 15.4. The van der Waals surface area contributed by atoms with Crippen LogP contribution in [0.15, 0.2) is 47.5 Å². The summed E-state index contributed by atoms with van der Waals surface area (Å²) in [6, 6.07) is 8.33. The lowest BCUT2D eigenvalue weighted by molar-refractivity contribution is 0.142. The van der Waals surface area contributed by atoms with Gasteiger partial charge in [0.1, 0.15) is 33.8 Å². The summed E-state index contributed by atoms with van der Waals surface area (Å²) in [5.41, 5.74) is 2.70. The van der Waals surface area contributed by atoms with Crippen molar-refractivity contribution in [1.29, 1.82) is 0 Å². The van der Waals surface area contributed by atoms with E-state index in [-0.39, 0.29) is 27.6 Å². The first-order valence-electron chi connectivity index (χ1n) is 12.0. The van der Waals surface area contributed by atoms with E-state index in [2.05, 4.69) is 25.0 Å². The molecule has 0 saturated carbocycles. The molecule has 39 heavy (non-hydrogen) atoms. The SMILES string of the molecule is CNc1nc(C)c2cc(-c3cnc(OC)c(NS(=O)(=O)c4ccc(F)cc4Cl)c3)cc(O[C@@H]3CCOC3)c2n1. The average Bonchev–Trinajstić information content (AvgIpc) is 3.41. The number of nitrogens with one attached hydrogen (secondary N) is 2. The van der Waals surface area contributed by atoms with Crippen LogP contribution in [0.1, 0.15) is 12.1 Å². The van der Waals surface area contributed by atoms with Gasteiger partial charge >= 0.3 is 0 Å². The van der Waals surface area contributed by atoms with Crippen LogP contribution in [-0.2, 0) is 14.8 Å². The zero-order valence-corrected chi connectivity index (χ0v) is 22.9. The molecular weight excluding hydrogens is 549 g/mol. The maximum Gasteiger partial charge on any atom is 0.263 e. The number of ether oxygens (including phenoxy) is 3. The third-order valence-electron chi connectivity index (χ3n) is 6.17. The maximum absolute atomic E-state index is 13.5. The van der Waals surface area contributed by atoms with Crippen LogP contribution in [0.3, 0.4) is 0 Å². The summed E-state index contributed by atoms with van der Waals surface area (Å²) in [6.45, 7) is 2.95. The summed E-state index contributed by atoms with van der Waals surface area (Å²) in [6.07, 6.45) is 2.17. The van der Waals surface area contributed by atoms with Gasteiger partial charge in [-0.25, -0.2) is 27.8 Å². The van der Waals surface area contributed by atoms with E-state index in [1.165, 1.54) is 7.11 Å². The molecule has 10 nitrogen and oxygen atoms in total. The minimum Gasteiger partial charge on any atom is -0.486 e. The van der Waals surface area contributed by atoms with Crippen LogP contribution in [0.25, 0.3) is 22.0 Å². The van der Waals surface area contributed by atoms with Gasteiger partial charge in [-0.05, 0) is 48.9 Å². The number of methoxy groups -OCH3 is 1. The highest BCUT2D eigenvalue weighted by Gasteiger charge is 2.23. The Labute approximate surface area is 229 Å². The predicted octanol–water partition coefficient (Wildman–Crippen LogP) is 4.81. The van der Waals surface area contributed by atoms with Crippen LogP contribution >= 0.6 is 11.6 Å². The molecule has 1 fully saturated rings. The van der Waals surface area contributed by atoms with Crippen molar-refractivity contribution < 1.29 is 27.0 Å². The van der Waals surface area contributed by atoms with Crippen molar-refractivity contribution in [3.05, 3.63) is 59.1 Å². The van der Waals surface area contributed by atoms with Gasteiger partial charge in [-0.3, -0.25) is 4.72 Å². The second kappa shape index (κ2) is 10.8. The number of sulfonamides is 1. The first-order chi connectivity index (χ1) is 18.7. The molecule has 1 aliphatic rings. The molecule has 0 spiro atoms. The Bertz CT molecular complexity index is 1660. The van der Waals surface area contributed by atoms with Gasteiger partial charge in [0.05, 0.1) is 31.0 Å². The van der Waals surface area contributed by atoms with Crippen LogP contribution in [0.4, 0.5) is 16.0 Å². The van der Waals surface area contributed by atoms with Gasteiger partial charge in [0.15, 0.2) is 0 Å². The summed E-state index contributed by atoms with van der Waals surface area (Å²) in [5.74, 6) is 0.387. The number of pyridine rings is 1. The van der Waals surface area contributed by atoms with Crippen molar-refractivity contribution in [1.82, 2.24) is 15.0 Å². The molecule has 2 N–H and O–H groups in total.